The van der Waals surface area contributed by atoms with Crippen LogP contribution in [0.4, 0.5) is 5.82 Å². The van der Waals surface area contributed by atoms with E-state index in [2.05, 4.69) is 33.6 Å². The van der Waals surface area contributed by atoms with Crippen molar-refractivity contribution in [2.75, 3.05) is 4.90 Å². The zero-order valence-electron chi connectivity index (χ0n) is 11.0. The highest BCUT2D eigenvalue weighted by molar-refractivity contribution is 6.17. The minimum atomic E-state index is 0.466. The Morgan fingerprint density at radius 3 is 2.40 bits per heavy atom. The molecule has 0 bridgehead atoms. The molecule has 2 aromatic heterocycles. The van der Waals surface area contributed by atoms with Crippen molar-refractivity contribution in [3.05, 3.63) is 65.5 Å². The van der Waals surface area contributed by atoms with Crippen molar-refractivity contribution in [1.82, 2.24) is 9.38 Å². The highest BCUT2D eigenvalue weighted by Crippen LogP contribution is 2.31. The van der Waals surface area contributed by atoms with Crippen molar-refractivity contribution >= 4 is 23.1 Å². The van der Waals surface area contributed by atoms with Crippen molar-refractivity contribution in [2.45, 2.75) is 19.0 Å². The van der Waals surface area contributed by atoms with Crippen LogP contribution in [0.2, 0.25) is 0 Å². The van der Waals surface area contributed by atoms with Gasteiger partial charge in [0.15, 0.2) is 5.82 Å². The molecular formula is C16H14ClN3. The number of anilines is 1. The van der Waals surface area contributed by atoms with Crippen LogP contribution in [-0.2, 0) is 19.0 Å². The van der Waals surface area contributed by atoms with E-state index in [1.807, 2.05) is 24.4 Å². The molecule has 0 fully saturated rings. The lowest BCUT2D eigenvalue weighted by Crippen LogP contribution is -2.16. The van der Waals surface area contributed by atoms with E-state index in [0.717, 1.165) is 30.2 Å². The highest BCUT2D eigenvalue weighted by atomic mass is 35.5. The third-order valence-electron chi connectivity index (χ3n) is 3.87. The maximum absolute atomic E-state index is 6.15. The van der Waals surface area contributed by atoms with E-state index >= 15 is 0 Å². The zero-order chi connectivity index (χ0) is 13.5. The summed E-state index contributed by atoms with van der Waals surface area (Å²) in [5, 5.41) is 0. The number of pyridine rings is 1. The van der Waals surface area contributed by atoms with E-state index in [1.165, 1.54) is 11.1 Å². The lowest BCUT2D eigenvalue weighted by Gasteiger charge is -2.15. The summed E-state index contributed by atoms with van der Waals surface area (Å²) in [6.45, 7) is 1.81. The van der Waals surface area contributed by atoms with Crippen LogP contribution in [0.15, 0.2) is 48.7 Å². The highest BCUT2D eigenvalue weighted by Gasteiger charge is 2.23. The van der Waals surface area contributed by atoms with Crippen LogP contribution >= 0.6 is 11.6 Å². The first-order valence-corrected chi connectivity index (χ1v) is 7.24. The molecule has 0 saturated heterocycles. The summed E-state index contributed by atoms with van der Waals surface area (Å²) in [4.78, 5) is 7.05. The largest absolute Gasteiger partial charge is 0.346 e. The van der Waals surface area contributed by atoms with Gasteiger partial charge in [-0.3, -0.25) is 0 Å². The molecule has 0 saturated carbocycles. The van der Waals surface area contributed by atoms with Crippen LogP contribution in [0.25, 0.3) is 5.65 Å². The molecule has 0 radical (unpaired) electrons. The van der Waals surface area contributed by atoms with Crippen molar-refractivity contribution in [1.29, 1.82) is 0 Å². The summed E-state index contributed by atoms with van der Waals surface area (Å²) in [7, 11) is 0. The van der Waals surface area contributed by atoms with Crippen molar-refractivity contribution in [3.63, 3.8) is 0 Å². The maximum Gasteiger partial charge on any atom is 0.153 e. The first-order chi connectivity index (χ1) is 9.86. The first-order valence-electron chi connectivity index (χ1n) is 6.70. The van der Waals surface area contributed by atoms with E-state index < -0.39 is 0 Å². The predicted molar refractivity (Wildman–Crippen MR) is 81.1 cm³/mol. The van der Waals surface area contributed by atoms with Gasteiger partial charge in [0, 0.05) is 19.3 Å². The molecule has 20 heavy (non-hydrogen) atoms. The third-order valence-corrected chi connectivity index (χ3v) is 4.13. The SMILES string of the molecule is ClCc1c(N2Cc3ccccc3C2)nc2ccccn12. The Morgan fingerprint density at radius 1 is 1.00 bits per heavy atom. The van der Waals surface area contributed by atoms with Crippen LogP contribution < -0.4 is 4.90 Å². The Bertz CT molecular complexity index is 753. The quantitative estimate of drug-likeness (QED) is 0.670. The number of imidazole rings is 1. The summed E-state index contributed by atoms with van der Waals surface area (Å²) in [5.41, 5.74) is 4.78. The summed E-state index contributed by atoms with van der Waals surface area (Å²) >= 11 is 6.15. The van der Waals surface area contributed by atoms with Gasteiger partial charge in [-0.2, -0.15) is 0 Å². The molecule has 1 aliphatic heterocycles. The summed E-state index contributed by atoms with van der Waals surface area (Å²) in [6, 6.07) is 14.6. The molecule has 0 spiro atoms. The second kappa shape index (κ2) is 4.53. The standard InChI is InChI=1S/C16H14ClN3/c17-9-14-16(18-15-7-3-4-8-20(14)15)19-10-12-5-1-2-6-13(12)11-19/h1-8H,9-11H2. The maximum atomic E-state index is 6.15. The van der Waals surface area contributed by atoms with Gasteiger partial charge in [-0.1, -0.05) is 30.3 Å². The molecule has 3 nitrogen and oxygen atoms in total. The van der Waals surface area contributed by atoms with Gasteiger partial charge in [-0.05, 0) is 23.3 Å². The molecule has 1 aliphatic rings. The summed E-state index contributed by atoms with van der Waals surface area (Å²) < 4.78 is 2.07. The molecule has 100 valence electrons. The molecule has 0 unspecified atom stereocenters. The van der Waals surface area contributed by atoms with Crippen molar-refractivity contribution in [2.24, 2.45) is 0 Å². The van der Waals surface area contributed by atoms with Gasteiger partial charge in [0.05, 0.1) is 11.6 Å². The lowest BCUT2D eigenvalue weighted by molar-refractivity contribution is 0.854. The Hall–Kier alpha value is -2.00. The number of benzene rings is 1. The second-order valence-corrected chi connectivity index (χ2v) is 5.34. The molecule has 0 atom stereocenters. The Labute approximate surface area is 122 Å². The Balaban J connectivity index is 1.80. The molecule has 1 aromatic carbocycles. The smallest absolute Gasteiger partial charge is 0.153 e. The Kier molecular flexibility index (Phi) is 2.67. The molecule has 4 heteroatoms. The normalized spacial score (nSPS) is 13.9. The predicted octanol–water partition coefficient (Wildman–Crippen LogP) is 3.59. The lowest BCUT2D eigenvalue weighted by atomic mass is 10.1. The molecule has 0 amide bonds. The molecule has 0 N–H and O–H groups in total. The van der Waals surface area contributed by atoms with E-state index in [1.54, 1.807) is 0 Å². The minimum Gasteiger partial charge on any atom is -0.346 e. The Morgan fingerprint density at radius 2 is 1.70 bits per heavy atom. The van der Waals surface area contributed by atoms with E-state index in [9.17, 15) is 0 Å². The van der Waals surface area contributed by atoms with Gasteiger partial charge in [-0.25, -0.2) is 4.98 Å². The van der Waals surface area contributed by atoms with Crippen molar-refractivity contribution in [3.8, 4) is 0 Å². The molecule has 3 aromatic rings. The van der Waals surface area contributed by atoms with Crippen LogP contribution in [-0.4, -0.2) is 9.38 Å². The van der Waals surface area contributed by atoms with E-state index in [0.29, 0.717) is 5.88 Å². The fraction of sp³-hybridized carbons (Fsp3) is 0.188. The van der Waals surface area contributed by atoms with Crippen molar-refractivity contribution < 1.29 is 0 Å². The van der Waals surface area contributed by atoms with Gasteiger partial charge >= 0.3 is 0 Å². The number of halogens is 1. The summed E-state index contributed by atoms with van der Waals surface area (Å²) in [5.74, 6) is 1.47. The number of fused-ring (bicyclic) bond motifs is 2. The van der Waals surface area contributed by atoms with Crippen LogP contribution in [0, 0.1) is 0 Å². The van der Waals surface area contributed by atoms with Gasteiger partial charge in [-0.15, -0.1) is 11.6 Å². The fourth-order valence-corrected chi connectivity index (χ4v) is 3.14. The molecule has 0 aliphatic carbocycles. The monoisotopic (exact) mass is 283 g/mol. The number of rotatable bonds is 2. The second-order valence-electron chi connectivity index (χ2n) is 5.07. The molecule has 3 heterocycles. The van der Waals surface area contributed by atoms with Gasteiger partial charge < -0.3 is 9.30 Å². The van der Waals surface area contributed by atoms with Gasteiger partial charge in [0.25, 0.3) is 0 Å². The third kappa shape index (κ3) is 1.70. The van der Waals surface area contributed by atoms with Gasteiger partial charge in [0.1, 0.15) is 5.65 Å². The zero-order valence-corrected chi connectivity index (χ0v) is 11.7. The molecule has 4 rings (SSSR count). The number of hydrogen-bond acceptors (Lipinski definition) is 2. The van der Waals surface area contributed by atoms with E-state index in [-0.39, 0.29) is 0 Å². The average Bonchev–Trinajstić information content (AvgIpc) is 3.07. The van der Waals surface area contributed by atoms with Crippen LogP contribution in [0.5, 0.6) is 0 Å². The van der Waals surface area contributed by atoms with E-state index in [4.69, 9.17) is 16.6 Å². The van der Waals surface area contributed by atoms with Crippen LogP contribution in [0.3, 0.4) is 0 Å². The topological polar surface area (TPSA) is 20.5 Å². The molecular weight excluding hydrogens is 270 g/mol. The number of alkyl halides is 1. The van der Waals surface area contributed by atoms with Gasteiger partial charge in [0.2, 0.25) is 0 Å². The number of nitrogens with zero attached hydrogens (tertiary/aromatic N) is 3. The minimum absolute atomic E-state index is 0.466. The average molecular weight is 284 g/mol. The van der Waals surface area contributed by atoms with Crippen LogP contribution in [0.1, 0.15) is 16.8 Å². The number of aromatic nitrogens is 2. The number of hydrogen-bond donors (Lipinski definition) is 0. The summed E-state index contributed by atoms with van der Waals surface area (Å²) in [6.07, 6.45) is 2.02. The first kappa shape index (κ1) is 11.8. The fourth-order valence-electron chi connectivity index (χ4n) is 2.89.